The van der Waals surface area contributed by atoms with E-state index >= 15 is 0 Å². The van der Waals surface area contributed by atoms with E-state index in [1.165, 1.54) is 6.92 Å². The average molecular weight is 191 g/mol. The number of rotatable bonds is 2. The molecule has 1 aliphatic rings. The van der Waals surface area contributed by atoms with Gasteiger partial charge in [0, 0.05) is 0 Å². The highest BCUT2D eigenvalue weighted by molar-refractivity contribution is 5.83. The largest absolute Gasteiger partial charge is 0.306 e. The monoisotopic (exact) mass is 191 g/mol. The molecule has 0 aromatic rings. The first-order chi connectivity index (χ1) is 5.99. The maximum Gasteiger partial charge on any atom is 0.251 e. The number of nitrogens with zero attached hydrogens (tertiary/aromatic N) is 1. The van der Waals surface area contributed by atoms with Gasteiger partial charge in [-0.15, -0.1) is 0 Å². The molecule has 0 amide bonds. The second kappa shape index (κ2) is 3.70. The standard InChI is InChI=1S/C9H15F2NO/c1-7(13)9(8(10)11)3-5-12(2)6-4-9/h8H,3-6H2,1-2H3. The zero-order chi connectivity index (χ0) is 10.1. The van der Waals surface area contributed by atoms with Gasteiger partial charge in [-0.3, -0.25) is 4.79 Å². The summed E-state index contributed by atoms with van der Waals surface area (Å²) < 4.78 is 25.4. The summed E-state index contributed by atoms with van der Waals surface area (Å²) in [6.07, 6.45) is -1.94. The lowest BCUT2D eigenvalue weighted by molar-refractivity contribution is -0.141. The fraction of sp³-hybridized carbons (Fsp3) is 0.889. The van der Waals surface area contributed by atoms with Crippen molar-refractivity contribution in [1.82, 2.24) is 4.90 Å². The summed E-state index contributed by atoms with van der Waals surface area (Å²) in [5.74, 6) is -0.365. The number of hydrogen-bond donors (Lipinski definition) is 0. The van der Waals surface area contributed by atoms with Crippen LogP contribution in [0.2, 0.25) is 0 Å². The van der Waals surface area contributed by atoms with E-state index in [1.54, 1.807) is 0 Å². The first-order valence-corrected chi connectivity index (χ1v) is 4.47. The van der Waals surface area contributed by atoms with Crippen molar-refractivity contribution in [3.05, 3.63) is 0 Å². The molecule has 1 heterocycles. The lowest BCUT2D eigenvalue weighted by Gasteiger charge is -2.37. The Morgan fingerprint density at radius 2 is 1.85 bits per heavy atom. The molecular weight excluding hydrogens is 176 g/mol. The summed E-state index contributed by atoms with van der Waals surface area (Å²) in [6, 6.07) is 0. The summed E-state index contributed by atoms with van der Waals surface area (Å²) in [7, 11) is 1.88. The van der Waals surface area contributed by atoms with E-state index in [2.05, 4.69) is 0 Å². The van der Waals surface area contributed by atoms with Crippen molar-refractivity contribution < 1.29 is 13.6 Å². The molecule has 0 atom stereocenters. The van der Waals surface area contributed by atoms with Crippen molar-refractivity contribution in [2.24, 2.45) is 5.41 Å². The molecule has 0 spiro atoms. The smallest absolute Gasteiger partial charge is 0.251 e. The van der Waals surface area contributed by atoms with Gasteiger partial charge in [0.05, 0.1) is 5.41 Å². The van der Waals surface area contributed by atoms with Crippen LogP contribution in [0.1, 0.15) is 19.8 Å². The van der Waals surface area contributed by atoms with Gasteiger partial charge >= 0.3 is 0 Å². The normalized spacial score (nSPS) is 23.5. The minimum Gasteiger partial charge on any atom is -0.306 e. The Balaban J connectivity index is 2.75. The summed E-state index contributed by atoms with van der Waals surface area (Å²) in [5, 5.41) is 0. The van der Waals surface area contributed by atoms with E-state index in [-0.39, 0.29) is 18.6 Å². The zero-order valence-corrected chi connectivity index (χ0v) is 8.02. The van der Waals surface area contributed by atoms with Crippen LogP contribution >= 0.6 is 0 Å². The minimum atomic E-state index is -2.52. The number of ketones is 1. The van der Waals surface area contributed by atoms with E-state index < -0.39 is 11.8 Å². The average Bonchev–Trinajstić information content (AvgIpc) is 2.04. The molecule has 0 aromatic heterocycles. The van der Waals surface area contributed by atoms with Gasteiger partial charge in [-0.25, -0.2) is 8.78 Å². The number of hydrogen-bond acceptors (Lipinski definition) is 2. The van der Waals surface area contributed by atoms with Gasteiger partial charge < -0.3 is 4.90 Å². The van der Waals surface area contributed by atoms with Crippen molar-refractivity contribution in [1.29, 1.82) is 0 Å². The number of Topliss-reactive ketones (excluding diaryl/α,β-unsaturated/α-hetero) is 1. The molecule has 0 unspecified atom stereocenters. The van der Waals surface area contributed by atoms with Gasteiger partial charge in [-0.05, 0) is 39.9 Å². The first-order valence-electron chi connectivity index (χ1n) is 4.47. The zero-order valence-electron chi connectivity index (χ0n) is 8.02. The van der Waals surface area contributed by atoms with Gasteiger partial charge in [0.2, 0.25) is 0 Å². The van der Waals surface area contributed by atoms with Crippen molar-refractivity contribution in [2.45, 2.75) is 26.2 Å². The summed E-state index contributed by atoms with van der Waals surface area (Å²) >= 11 is 0. The molecular formula is C9H15F2NO. The molecule has 13 heavy (non-hydrogen) atoms. The van der Waals surface area contributed by atoms with E-state index in [4.69, 9.17) is 0 Å². The van der Waals surface area contributed by atoms with E-state index in [1.807, 2.05) is 11.9 Å². The highest BCUT2D eigenvalue weighted by Gasteiger charge is 2.46. The lowest BCUT2D eigenvalue weighted by atomic mass is 9.76. The second-order valence-electron chi connectivity index (χ2n) is 3.82. The third-order valence-corrected chi connectivity index (χ3v) is 3.00. The highest BCUT2D eigenvalue weighted by atomic mass is 19.3. The SMILES string of the molecule is CC(=O)C1(C(F)F)CCN(C)CC1. The molecule has 0 saturated carbocycles. The minimum absolute atomic E-state index is 0.288. The van der Waals surface area contributed by atoms with Crippen LogP contribution in [-0.2, 0) is 4.79 Å². The van der Waals surface area contributed by atoms with Crippen LogP contribution in [-0.4, -0.2) is 37.2 Å². The number of carbonyl (C=O) groups is 1. The van der Waals surface area contributed by atoms with Crippen molar-refractivity contribution >= 4 is 5.78 Å². The predicted octanol–water partition coefficient (Wildman–Crippen LogP) is 1.55. The van der Waals surface area contributed by atoms with Gasteiger partial charge in [0.1, 0.15) is 5.78 Å². The van der Waals surface area contributed by atoms with Crippen LogP contribution in [0, 0.1) is 5.41 Å². The Hall–Kier alpha value is -0.510. The first kappa shape index (κ1) is 10.6. The van der Waals surface area contributed by atoms with Gasteiger partial charge in [-0.1, -0.05) is 0 Å². The molecule has 1 rings (SSSR count). The van der Waals surface area contributed by atoms with Crippen LogP contribution in [0.5, 0.6) is 0 Å². The topological polar surface area (TPSA) is 20.3 Å². The van der Waals surface area contributed by atoms with Crippen LogP contribution < -0.4 is 0 Å². The third kappa shape index (κ3) is 1.88. The van der Waals surface area contributed by atoms with Crippen molar-refractivity contribution in [3.8, 4) is 0 Å². The molecule has 0 bridgehead atoms. The van der Waals surface area contributed by atoms with Crippen LogP contribution in [0.25, 0.3) is 0 Å². The number of piperidine rings is 1. The predicted molar refractivity (Wildman–Crippen MR) is 45.8 cm³/mol. The summed E-state index contributed by atoms with van der Waals surface area (Å²) in [4.78, 5) is 13.1. The molecule has 1 fully saturated rings. The number of alkyl halides is 2. The molecule has 0 aliphatic carbocycles. The number of likely N-dealkylation sites (tertiary alicyclic amines) is 1. The third-order valence-electron chi connectivity index (χ3n) is 3.00. The van der Waals surface area contributed by atoms with Crippen LogP contribution in [0.15, 0.2) is 0 Å². The fourth-order valence-electron chi connectivity index (χ4n) is 1.74. The van der Waals surface area contributed by atoms with E-state index in [0.717, 1.165) is 0 Å². The maximum atomic E-state index is 12.7. The van der Waals surface area contributed by atoms with Crippen LogP contribution in [0.4, 0.5) is 8.78 Å². The Kier molecular flexibility index (Phi) is 3.01. The summed E-state index contributed by atoms with van der Waals surface area (Å²) in [5.41, 5.74) is -1.35. The number of halogens is 2. The molecule has 0 N–H and O–H groups in total. The molecule has 2 nitrogen and oxygen atoms in total. The molecule has 0 aromatic carbocycles. The van der Waals surface area contributed by atoms with E-state index in [0.29, 0.717) is 13.1 Å². The van der Waals surface area contributed by atoms with Crippen LogP contribution in [0.3, 0.4) is 0 Å². The maximum absolute atomic E-state index is 12.7. The fourth-order valence-corrected chi connectivity index (χ4v) is 1.74. The van der Waals surface area contributed by atoms with E-state index in [9.17, 15) is 13.6 Å². The molecule has 0 radical (unpaired) electrons. The Labute approximate surface area is 76.9 Å². The van der Waals surface area contributed by atoms with Gasteiger partial charge in [0.15, 0.2) is 0 Å². The molecule has 1 aliphatic heterocycles. The Morgan fingerprint density at radius 3 is 2.15 bits per heavy atom. The lowest BCUT2D eigenvalue weighted by Crippen LogP contribution is -2.46. The Morgan fingerprint density at radius 1 is 1.38 bits per heavy atom. The quantitative estimate of drug-likeness (QED) is 0.660. The number of carbonyl (C=O) groups excluding carboxylic acids is 1. The van der Waals surface area contributed by atoms with Gasteiger partial charge in [0.25, 0.3) is 6.43 Å². The van der Waals surface area contributed by atoms with Gasteiger partial charge in [-0.2, -0.15) is 0 Å². The summed E-state index contributed by atoms with van der Waals surface area (Å²) in [6.45, 7) is 2.45. The van der Waals surface area contributed by atoms with Crippen molar-refractivity contribution in [3.63, 3.8) is 0 Å². The van der Waals surface area contributed by atoms with Crippen molar-refractivity contribution in [2.75, 3.05) is 20.1 Å². The second-order valence-corrected chi connectivity index (χ2v) is 3.82. The molecule has 4 heteroatoms. The molecule has 1 saturated heterocycles. The Bertz CT molecular complexity index is 198. The molecule has 76 valence electrons. The highest BCUT2D eigenvalue weighted by Crippen LogP contribution is 2.38.